The van der Waals surface area contributed by atoms with Gasteiger partial charge in [-0.15, -0.1) is 0 Å². The van der Waals surface area contributed by atoms with E-state index in [1.54, 1.807) is 18.7 Å². The third kappa shape index (κ3) is 5.39. The minimum absolute atomic E-state index is 0.591. The molecule has 0 bridgehead atoms. The monoisotopic (exact) mass is 465 g/mol. The molecule has 3 aromatic rings. The minimum Gasteiger partial charge on any atom is -0.470 e. The third-order valence-electron chi connectivity index (χ3n) is 6.37. The van der Waals surface area contributed by atoms with Crippen LogP contribution in [0.25, 0.3) is 11.1 Å². The lowest BCUT2D eigenvalue weighted by molar-refractivity contribution is -0.218. The zero-order valence-electron chi connectivity index (χ0n) is 20.1. The Labute approximate surface area is 199 Å². The molecule has 1 amide bonds. The van der Waals surface area contributed by atoms with Crippen LogP contribution in [-0.4, -0.2) is 27.9 Å². The Morgan fingerprint density at radius 3 is 2.06 bits per heavy atom. The third-order valence-corrected chi connectivity index (χ3v) is 6.37. The van der Waals surface area contributed by atoms with Crippen LogP contribution in [0.2, 0.25) is 0 Å². The minimum atomic E-state index is -1.23. The summed E-state index contributed by atoms with van der Waals surface area (Å²) in [5.41, 5.74) is 5.75. The fourth-order valence-electron chi connectivity index (χ4n) is 3.67. The summed E-state index contributed by atoms with van der Waals surface area (Å²) in [6, 6.07) is 17.8. The molecule has 2 N–H and O–H groups in total. The smallest absolute Gasteiger partial charge is 0.407 e. The average Bonchev–Trinajstić information content (AvgIpc) is 3.31. The fourth-order valence-corrected chi connectivity index (χ4v) is 3.67. The summed E-state index contributed by atoms with van der Waals surface area (Å²) >= 11 is 0. The van der Waals surface area contributed by atoms with Crippen molar-refractivity contribution in [1.82, 2.24) is 9.55 Å². The molecule has 0 aliphatic heterocycles. The van der Waals surface area contributed by atoms with Crippen LogP contribution in [0.1, 0.15) is 40.8 Å². The van der Waals surface area contributed by atoms with E-state index in [0.717, 1.165) is 11.1 Å². The predicted molar refractivity (Wildman–Crippen MR) is 128 cm³/mol. The topological polar surface area (TPSA) is 106 Å². The first kappa shape index (κ1) is 24.8. The number of carbonyl (C=O) groups is 2. The van der Waals surface area contributed by atoms with Crippen LogP contribution in [-0.2, 0) is 14.3 Å². The molecule has 0 aliphatic rings. The van der Waals surface area contributed by atoms with Gasteiger partial charge in [0.05, 0.1) is 6.33 Å². The van der Waals surface area contributed by atoms with Gasteiger partial charge in [-0.05, 0) is 23.3 Å². The number of esters is 1. The summed E-state index contributed by atoms with van der Waals surface area (Å²) in [6.45, 7) is 8.79. The molecule has 0 saturated carbocycles. The molecule has 2 aromatic carbocycles. The van der Waals surface area contributed by atoms with E-state index < -0.39 is 35.4 Å². The highest BCUT2D eigenvalue weighted by molar-refractivity contribution is 5.67. The highest BCUT2D eigenvalue weighted by atomic mass is 16.7. The number of nitrogens with two attached hydrogens (primary N) is 1. The van der Waals surface area contributed by atoms with Gasteiger partial charge in [0.2, 0.25) is 0 Å². The van der Waals surface area contributed by atoms with Crippen molar-refractivity contribution in [3.05, 3.63) is 73.3 Å². The predicted octanol–water partition coefficient (Wildman–Crippen LogP) is 5.16. The van der Waals surface area contributed by atoms with Crippen molar-refractivity contribution in [3.63, 3.8) is 0 Å². The van der Waals surface area contributed by atoms with E-state index >= 15 is 0 Å². The van der Waals surface area contributed by atoms with Crippen LogP contribution >= 0.6 is 0 Å². The molecule has 8 heteroatoms. The van der Waals surface area contributed by atoms with E-state index in [4.69, 9.17) is 19.9 Å². The number of hydrogen-bond acceptors (Lipinski definition) is 6. The van der Waals surface area contributed by atoms with Gasteiger partial charge >= 0.3 is 12.1 Å². The van der Waals surface area contributed by atoms with Crippen LogP contribution in [0, 0.1) is 10.8 Å². The lowest BCUT2D eigenvalue weighted by Crippen LogP contribution is -2.52. The molecule has 180 valence electrons. The second-order valence-corrected chi connectivity index (χ2v) is 9.19. The molecule has 2 atom stereocenters. The molecule has 0 spiro atoms. The van der Waals surface area contributed by atoms with Gasteiger partial charge in [0.1, 0.15) is 5.75 Å². The Hall–Kier alpha value is -3.81. The summed E-state index contributed by atoms with van der Waals surface area (Å²) in [5.74, 6) is 0.0498. The van der Waals surface area contributed by atoms with E-state index in [2.05, 4.69) is 4.98 Å². The van der Waals surface area contributed by atoms with E-state index in [9.17, 15) is 9.59 Å². The van der Waals surface area contributed by atoms with Gasteiger partial charge in [-0.25, -0.2) is 9.78 Å². The number of imidazole rings is 1. The van der Waals surface area contributed by atoms with E-state index in [1.807, 2.05) is 86.9 Å². The number of aromatic nitrogens is 2. The molecule has 0 fully saturated rings. The zero-order chi connectivity index (χ0) is 24.9. The maximum absolute atomic E-state index is 11.7. The van der Waals surface area contributed by atoms with Crippen molar-refractivity contribution in [2.24, 2.45) is 16.6 Å². The van der Waals surface area contributed by atoms with Crippen molar-refractivity contribution >= 4 is 12.1 Å². The number of hydrogen-bond donors (Lipinski definition) is 1. The van der Waals surface area contributed by atoms with Crippen molar-refractivity contribution in [2.75, 3.05) is 0 Å². The Morgan fingerprint density at radius 1 is 0.912 bits per heavy atom. The number of carbonyl (C=O) groups excluding carboxylic acids is 2. The summed E-state index contributed by atoms with van der Waals surface area (Å²) < 4.78 is 18.9. The Kier molecular flexibility index (Phi) is 7.29. The number of nitrogens with zero attached hydrogens (tertiary/aromatic N) is 2. The standard InChI is InChI=1S/C26H31N3O5/c1-18(30)32-23(34-24(27)31)26(4,5)25(2,3)22(29-16-15-28-17-29)33-21-13-11-20(12-14-21)19-9-7-6-8-10-19/h6-17,22-23H,1-5H3,(H2,27,31). The van der Waals surface area contributed by atoms with Gasteiger partial charge in [0.15, 0.2) is 6.23 Å². The highest BCUT2D eigenvalue weighted by Crippen LogP contribution is 2.50. The second-order valence-electron chi connectivity index (χ2n) is 9.19. The fraction of sp³-hybridized carbons (Fsp3) is 0.346. The molecular formula is C26H31N3O5. The number of benzene rings is 2. The van der Waals surface area contributed by atoms with Crippen molar-refractivity contribution in [3.8, 4) is 16.9 Å². The summed E-state index contributed by atoms with van der Waals surface area (Å²) in [7, 11) is 0. The summed E-state index contributed by atoms with van der Waals surface area (Å²) in [6.07, 6.45) is 2.23. The molecule has 2 unspecified atom stereocenters. The van der Waals surface area contributed by atoms with Crippen LogP contribution in [0.5, 0.6) is 5.75 Å². The number of ether oxygens (including phenoxy) is 3. The Bertz CT molecular complexity index is 1080. The summed E-state index contributed by atoms with van der Waals surface area (Å²) in [4.78, 5) is 27.5. The molecule has 0 aliphatic carbocycles. The van der Waals surface area contributed by atoms with Crippen LogP contribution in [0.3, 0.4) is 0 Å². The normalized spacial score (nSPS) is 13.6. The molecule has 0 saturated heterocycles. The second kappa shape index (κ2) is 9.99. The van der Waals surface area contributed by atoms with E-state index in [-0.39, 0.29) is 0 Å². The van der Waals surface area contributed by atoms with Gasteiger partial charge in [0, 0.05) is 30.1 Å². The van der Waals surface area contributed by atoms with Crippen molar-refractivity contribution in [1.29, 1.82) is 0 Å². The van der Waals surface area contributed by atoms with Gasteiger partial charge < -0.3 is 24.5 Å². The molecular weight excluding hydrogens is 434 g/mol. The molecule has 34 heavy (non-hydrogen) atoms. The van der Waals surface area contributed by atoms with Crippen molar-refractivity contribution in [2.45, 2.75) is 47.1 Å². The largest absolute Gasteiger partial charge is 0.470 e. The lowest BCUT2D eigenvalue weighted by atomic mass is 9.65. The molecule has 3 rings (SSSR count). The number of amides is 1. The zero-order valence-corrected chi connectivity index (χ0v) is 20.1. The van der Waals surface area contributed by atoms with Gasteiger partial charge in [-0.2, -0.15) is 0 Å². The first-order chi connectivity index (χ1) is 16.0. The molecule has 1 aromatic heterocycles. The quantitative estimate of drug-likeness (QED) is 0.345. The first-order valence-electron chi connectivity index (χ1n) is 11.0. The number of primary amides is 1. The molecule has 0 radical (unpaired) electrons. The Balaban J connectivity index is 1.95. The first-order valence-corrected chi connectivity index (χ1v) is 11.0. The average molecular weight is 466 g/mol. The van der Waals surface area contributed by atoms with Gasteiger partial charge in [-0.3, -0.25) is 4.79 Å². The van der Waals surface area contributed by atoms with E-state index in [0.29, 0.717) is 5.75 Å². The van der Waals surface area contributed by atoms with Crippen LogP contribution in [0.15, 0.2) is 73.3 Å². The van der Waals surface area contributed by atoms with E-state index in [1.165, 1.54) is 6.92 Å². The maximum Gasteiger partial charge on any atom is 0.407 e. The van der Waals surface area contributed by atoms with Gasteiger partial charge in [0.25, 0.3) is 6.29 Å². The van der Waals surface area contributed by atoms with Crippen molar-refractivity contribution < 1.29 is 23.8 Å². The van der Waals surface area contributed by atoms with Crippen LogP contribution < -0.4 is 10.5 Å². The summed E-state index contributed by atoms with van der Waals surface area (Å²) in [5, 5.41) is 0. The lowest BCUT2D eigenvalue weighted by Gasteiger charge is -2.48. The SMILES string of the molecule is CC(=O)OC(OC(N)=O)C(C)(C)C(C)(C)C(Oc1ccc(-c2ccccc2)cc1)n1ccnc1. The highest BCUT2D eigenvalue weighted by Gasteiger charge is 2.53. The molecule has 8 nitrogen and oxygen atoms in total. The number of rotatable bonds is 9. The molecule has 1 heterocycles. The van der Waals surface area contributed by atoms with Crippen LogP contribution in [0.4, 0.5) is 4.79 Å². The van der Waals surface area contributed by atoms with Gasteiger partial charge in [-0.1, -0.05) is 70.2 Å². The Morgan fingerprint density at radius 2 is 1.53 bits per heavy atom. The maximum atomic E-state index is 11.7.